The van der Waals surface area contributed by atoms with Gasteiger partial charge in [-0.15, -0.1) is 0 Å². The lowest BCUT2D eigenvalue weighted by Crippen LogP contribution is -2.41. The number of hydrogen-bond acceptors (Lipinski definition) is 6. The topological polar surface area (TPSA) is 70.3 Å². The molecular formula is C39H32BN3O3. The third-order valence-electron chi connectivity index (χ3n) is 9.20. The maximum Gasteiger partial charge on any atom is 0.494 e. The van der Waals surface area contributed by atoms with Gasteiger partial charge in [0.15, 0.2) is 17.5 Å². The largest absolute Gasteiger partial charge is 0.494 e. The minimum Gasteiger partial charge on any atom is -0.456 e. The van der Waals surface area contributed by atoms with E-state index in [9.17, 15) is 0 Å². The molecule has 5 aromatic carbocycles. The smallest absolute Gasteiger partial charge is 0.456 e. The summed E-state index contributed by atoms with van der Waals surface area (Å²) in [5.41, 5.74) is 6.57. The van der Waals surface area contributed by atoms with Crippen LogP contribution in [-0.2, 0) is 9.31 Å². The number of rotatable bonds is 5. The van der Waals surface area contributed by atoms with Gasteiger partial charge in [0.05, 0.1) is 11.2 Å². The fraction of sp³-hybridized carbons (Fsp3) is 0.154. The second kappa shape index (κ2) is 10.8. The van der Waals surface area contributed by atoms with E-state index in [-0.39, 0.29) is 0 Å². The van der Waals surface area contributed by atoms with Gasteiger partial charge in [0.1, 0.15) is 11.2 Å². The van der Waals surface area contributed by atoms with Gasteiger partial charge >= 0.3 is 7.12 Å². The molecule has 6 nitrogen and oxygen atoms in total. The lowest BCUT2D eigenvalue weighted by molar-refractivity contribution is 0.00578. The van der Waals surface area contributed by atoms with Crippen LogP contribution < -0.4 is 5.46 Å². The second-order valence-electron chi connectivity index (χ2n) is 12.7. The molecule has 0 saturated carbocycles. The second-order valence-corrected chi connectivity index (χ2v) is 12.7. The average Bonchev–Trinajstić information content (AvgIpc) is 3.57. The fourth-order valence-electron chi connectivity index (χ4n) is 5.94. The molecule has 8 rings (SSSR count). The quantitative estimate of drug-likeness (QED) is 0.184. The first-order valence-electron chi connectivity index (χ1n) is 15.5. The van der Waals surface area contributed by atoms with E-state index >= 15 is 0 Å². The van der Waals surface area contributed by atoms with Crippen LogP contribution >= 0.6 is 0 Å². The number of fused-ring (bicyclic) bond motifs is 3. The highest BCUT2D eigenvalue weighted by Crippen LogP contribution is 2.39. The summed E-state index contributed by atoms with van der Waals surface area (Å²) >= 11 is 0. The van der Waals surface area contributed by atoms with Crippen molar-refractivity contribution in [2.45, 2.75) is 38.9 Å². The van der Waals surface area contributed by atoms with E-state index in [4.69, 9.17) is 28.7 Å². The molecule has 3 heterocycles. The number of aromatic nitrogens is 3. The van der Waals surface area contributed by atoms with Gasteiger partial charge in [0.2, 0.25) is 0 Å². The predicted octanol–water partition coefficient (Wildman–Crippen LogP) is 8.74. The Morgan fingerprint density at radius 1 is 0.500 bits per heavy atom. The van der Waals surface area contributed by atoms with E-state index in [1.165, 1.54) is 0 Å². The maximum atomic E-state index is 6.38. The van der Waals surface area contributed by atoms with E-state index in [1.54, 1.807) is 0 Å². The summed E-state index contributed by atoms with van der Waals surface area (Å²) in [5.74, 6) is 1.78. The molecule has 2 aromatic heterocycles. The molecule has 7 heteroatoms. The van der Waals surface area contributed by atoms with Gasteiger partial charge in [-0.25, -0.2) is 15.0 Å². The summed E-state index contributed by atoms with van der Waals surface area (Å²) in [6.07, 6.45) is 0. The number of nitrogens with zero attached hydrogens (tertiary/aromatic N) is 3. The molecule has 7 aromatic rings. The summed E-state index contributed by atoms with van der Waals surface area (Å²) in [6, 6.07) is 40.8. The van der Waals surface area contributed by atoms with Crippen molar-refractivity contribution in [3.8, 4) is 45.3 Å². The highest BCUT2D eigenvalue weighted by atomic mass is 16.7. The molecule has 0 spiro atoms. The molecule has 0 bridgehead atoms. The SMILES string of the molecule is CC1(C)OB(c2ccc3oc4cccc(-c5nc(-c6ccccc6)nc(-c6ccc(-c7ccccc7)cc6)n5)c4c3c2)OC1(C)C. The van der Waals surface area contributed by atoms with Gasteiger partial charge in [-0.2, -0.15) is 0 Å². The first-order chi connectivity index (χ1) is 22.3. The predicted molar refractivity (Wildman–Crippen MR) is 185 cm³/mol. The summed E-state index contributed by atoms with van der Waals surface area (Å²) in [6.45, 7) is 8.26. The van der Waals surface area contributed by atoms with Crippen LogP contribution in [0.3, 0.4) is 0 Å². The first-order valence-corrected chi connectivity index (χ1v) is 15.5. The zero-order chi connectivity index (χ0) is 31.5. The summed E-state index contributed by atoms with van der Waals surface area (Å²) in [7, 11) is -0.487. The summed E-state index contributed by atoms with van der Waals surface area (Å²) in [5, 5.41) is 1.89. The summed E-state index contributed by atoms with van der Waals surface area (Å²) in [4.78, 5) is 15.0. The van der Waals surface area contributed by atoms with Crippen LogP contribution in [-0.4, -0.2) is 33.3 Å². The Kier molecular flexibility index (Phi) is 6.64. The third-order valence-corrected chi connectivity index (χ3v) is 9.20. The highest BCUT2D eigenvalue weighted by Gasteiger charge is 2.51. The van der Waals surface area contributed by atoms with E-state index in [2.05, 4.69) is 70.2 Å². The summed E-state index contributed by atoms with van der Waals surface area (Å²) < 4.78 is 19.1. The molecule has 46 heavy (non-hydrogen) atoms. The van der Waals surface area contributed by atoms with Gasteiger partial charge in [-0.1, -0.05) is 109 Å². The van der Waals surface area contributed by atoms with E-state index in [1.807, 2.05) is 78.9 Å². The van der Waals surface area contributed by atoms with Crippen molar-refractivity contribution >= 4 is 34.5 Å². The molecule has 1 aliphatic heterocycles. The van der Waals surface area contributed by atoms with Gasteiger partial charge < -0.3 is 13.7 Å². The molecular weight excluding hydrogens is 569 g/mol. The van der Waals surface area contributed by atoms with Crippen LogP contribution in [0.15, 0.2) is 126 Å². The van der Waals surface area contributed by atoms with E-state index in [0.29, 0.717) is 17.5 Å². The van der Waals surface area contributed by atoms with Gasteiger partial charge in [0, 0.05) is 27.5 Å². The first kappa shape index (κ1) is 28.4. The van der Waals surface area contributed by atoms with Crippen LogP contribution in [0.4, 0.5) is 0 Å². The van der Waals surface area contributed by atoms with Crippen LogP contribution in [0.1, 0.15) is 27.7 Å². The zero-order valence-corrected chi connectivity index (χ0v) is 26.2. The van der Waals surface area contributed by atoms with Crippen molar-refractivity contribution in [3.63, 3.8) is 0 Å². The lowest BCUT2D eigenvalue weighted by atomic mass is 9.78. The van der Waals surface area contributed by atoms with Crippen molar-refractivity contribution in [1.82, 2.24) is 15.0 Å². The molecule has 1 fully saturated rings. The Bertz CT molecular complexity index is 2200. The molecule has 0 aliphatic carbocycles. The molecule has 224 valence electrons. The number of furan rings is 1. The normalized spacial score (nSPS) is 15.5. The van der Waals surface area contributed by atoms with Crippen LogP contribution in [0.5, 0.6) is 0 Å². The molecule has 1 aliphatic rings. The zero-order valence-electron chi connectivity index (χ0n) is 26.2. The Morgan fingerprint density at radius 3 is 1.70 bits per heavy atom. The molecule has 0 unspecified atom stereocenters. The van der Waals surface area contributed by atoms with Crippen molar-refractivity contribution < 1.29 is 13.7 Å². The molecule has 0 amide bonds. The average molecular weight is 602 g/mol. The van der Waals surface area contributed by atoms with Crippen LogP contribution in [0, 0.1) is 0 Å². The van der Waals surface area contributed by atoms with Crippen molar-refractivity contribution in [2.75, 3.05) is 0 Å². The molecule has 0 N–H and O–H groups in total. The molecule has 0 radical (unpaired) electrons. The Morgan fingerprint density at radius 2 is 1.04 bits per heavy atom. The van der Waals surface area contributed by atoms with Crippen molar-refractivity contribution in [1.29, 1.82) is 0 Å². The maximum absolute atomic E-state index is 6.38. The monoisotopic (exact) mass is 601 g/mol. The van der Waals surface area contributed by atoms with E-state index in [0.717, 1.165) is 55.2 Å². The van der Waals surface area contributed by atoms with Crippen molar-refractivity contribution in [2.24, 2.45) is 0 Å². The van der Waals surface area contributed by atoms with E-state index < -0.39 is 18.3 Å². The lowest BCUT2D eigenvalue weighted by Gasteiger charge is -2.32. The number of benzene rings is 5. The van der Waals surface area contributed by atoms with Gasteiger partial charge in [-0.05, 0) is 56.4 Å². The van der Waals surface area contributed by atoms with Crippen molar-refractivity contribution in [3.05, 3.63) is 121 Å². The standard InChI is InChI=1S/C39H32BN3O3/c1-38(2)39(3,4)46-40(45-38)29-22-23-32-31(24-29)34-30(16-11-17-33(34)44-32)37-42-35(27-14-9-6-10-15-27)41-36(43-37)28-20-18-26(19-21-28)25-12-7-5-8-13-25/h5-24H,1-4H3. The number of hydrogen-bond donors (Lipinski definition) is 0. The highest BCUT2D eigenvalue weighted by molar-refractivity contribution is 6.62. The van der Waals surface area contributed by atoms with Crippen LogP contribution in [0.2, 0.25) is 0 Å². The van der Waals surface area contributed by atoms with Gasteiger partial charge in [-0.3, -0.25) is 0 Å². The molecule has 1 saturated heterocycles. The van der Waals surface area contributed by atoms with Gasteiger partial charge in [0.25, 0.3) is 0 Å². The molecule has 0 atom stereocenters. The minimum absolute atomic E-state index is 0.440. The Labute approximate surface area is 268 Å². The Balaban J connectivity index is 1.28. The third kappa shape index (κ3) is 4.89. The Hall–Kier alpha value is -5.11. The minimum atomic E-state index is -0.487. The van der Waals surface area contributed by atoms with Crippen LogP contribution in [0.25, 0.3) is 67.2 Å². The fourth-order valence-corrected chi connectivity index (χ4v) is 5.94.